The van der Waals surface area contributed by atoms with Gasteiger partial charge in [-0.15, -0.1) is 0 Å². The lowest BCUT2D eigenvalue weighted by Gasteiger charge is -2.13. The molecule has 0 saturated carbocycles. The minimum atomic E-state index is -0.718. The van der Waals surface area contributed by atoms with E-state index in [0.717, 1.165) is 0 Å². The van der Waals surface area contributed by atoms with Crippen LogP contribution in [-0.4, -0.2) is 41.5 Å². The van der Waals surface area contributed by atoms with E-state index < -0.39 is 11.9 Å². The van der Waals surface area contributed by atoms with Crippen LogP contribution in [0.2, 0.25) is 0 Å². The van der Waals surface area contributed by atoms with E-state index in [9.17, 15) is 9.59 Å². The van der Waals surface area contributed by atoms with Crippen molar-refractivity contribution in [2.75, 3.05) is 18.7 Å². The maximum absolute atomic E-state index is 11.7. The summed E-state index contributed by atoms with van der Waals surface area (Å²) in [5.41, 5.74) is 11.5. The van der Waals surface area contributed by atoms with Crippen LogP contribution in [0.3, 0.4) is 0 Å². The molecule has 1 amide bonds. The van der Waals surface area contributed by atoms with Crippen molar-refractivity contribution in [2.24, 2.45) is 11.5 Å². The van der Waals surface area contributed by atoms with Crippen molar-refractivity contribution in [3.05, 3.63) is 54.2 Å². The number of carbonyl (C=O) groups is 2. The molecule has 0 radical (unpaired) electrons. The minimum Gasteiger partial charge on any atom is -0.457 e. The fourth-order valence-corrected chi connectivity index (χ4v) is 2.86. The third kappa shape index (κ3) is 4.54. The molecular formula is C21H19N5O5. The van der Waals surface area contributed by atoms with Crippen molar-refractivity contribution in [2.45, 2.75) is 6.04 Å². The van der Waals surface area contributed by atoms with Gasteiger partial charge in [-0.25, -0.2) is 9.97 Å². The van der Waals surface area contributed by atoms with Gasteiger partial charge in [-0.3, -0.25) is 4.79 Å². The van der Waals surface area contributed by atoms with E-state index in [1.54, 1.807) is 42.5 Å². The van der Waals surface area contributed by atoms with E-state index in [1.807, 2.05) is 0 Å². The Morgan fingerprint density at radius 1 is 1.10 bits per heavy atom. The Morgan fingerprint density at radius 2 is 1.84 bits per heavy atom. The number of hydrogen-bond donors (Lipinski definition) is 3. The number of rotatable bonds is 8. The topological polar surface area (TPSA) is 152 Å². The summed E-state index contributed by atoms with van der Waals surface area (Å²) < 4.78 is 16.5. The number of carbonyl (C=O) groups excluding carboxylic acids is 2. The van der Waals surface area contributed by atoms with Gasteiger partial charge in [0.1, 0.15) is 29.3 Å². The van der Waals surface area contributed by atoms with Crippen LogP contribution in [-0.2, 0) is 4.79 Å². The lowest BCUT2D eigenvalue weighted by Crippen LogP contribution is -2.30. The van der Waals surface area contributed by atoms with Crippen LogP contribution in [0.1, 0.15) is 10.5 Å². The first-order valence-corrected chi connectivity index (χ1v) is 9.34. The Balaban J connectivity index is 1.57. The van der Waals surface area contributed by atoms with Crippen molar-refractivity contribution in [1.82, 2.24) is 9.97 Å². The first kappa shape index (κ1) is 20.1. The molecule has 31 heavy (non-hydrogen) atoms. The Kier molecular flexibility index (Phi) is 5.63. The molecule has 4 rings (SSSR count). The summed E-state index contributed by atoms with van der Waals surface area (Å²) >= 11 is 0. The number of ether oxygens (including phenoxy) is 3. The van der Waals surface area contributed by atoms with Crippen molar-refractivity contribution < 1.29 is 23.8 Å². The van der Waals surface area contributed by atoms with Gasteiger partial charge < -0.3 is 35.8 Å². The van der Waals surface area contributed by atoms with Gasteiger partial charge in [0.25, 0.3) is 5.91 Å². The highest BCUT2D eigenvalue weighted by atomic mass is 16.7. The molecule has 0 bridgehead atoms. The fraction of sp³-hybridized carbons (Fsp3) is 0.143. The molecule has 0 saturated heterocycles. The zero-order chi connectivity index (χ0) is 21.8. The van der Waals surface area contributed by atoms with Crippen molar-refractivity contribution in [3.63, 3.8) is 0 Å². The monoisotopic (exact) mass is 421 g/mol. The number of benzene rings is 2. The molecule has 2 aromatic carbocycles. The average molecular weight is 421 g/mol. The van der Waals surface area contributed by atoms with Gasteiger partial charge in [0.05, 0.1) is 6.04 Å². The maximum atomic E-state index is 11.7. The molecule has 0 aliphatic carbocycles. The summed E-state index contributed by atoms with van der Waals surface area (Å²) in [6.07, 6.45) is 0.661. The van der Waals surface area contributed by atoms with Crippen LogP contribution >= 0.6 is 0 Å². The van der Waals surface area contributed by atoms with Gasteiger partial charge in [-0.1, -0.05) is 0 Å². The molecule has 1 atom stereocenters. The average Bonchev–Trinajstić information content (AvgIpc) is 3.25. The van der Waals surface area contributed by atoms with Gasteiger partial charge >= 0.3 is 0 Å². The SMILES string of the molecule is NCC(C=O)Nc1cc(C(N)=O)nc(-c2ccc(Oc3ccc4c(c3)OCO4)cc2)n1. The predicted molar refractivity (Wildman–Crippen MR) is 111 cm³/mol. The largest absolute Gasteiger partial charge is 0.457 e. The highest BCUT2D eigenvalue weighted by Gasteiger charge is 2.15. The number of nitrogens with zero attached hydrogens (tertiary/aromatic N) is 2. The third-order valence-electron chi connectivity index (χ3n) is 4.42. The van der Waals surface area contributed by atoms with Crippen LogP contribution in [0, 0.1) is 0 Å². The van der Waals surface area contributed by atoms with Gasteiger partial charge in [-0.05, 0) is 36.4 Å². The van der Waals surface area contributed by atoms with Crippen molar-refractivity contribution >= 4 is 18.0 Å². The maximum Gasteiger partial charge on any atom is 0.267 e. The molecule has 2 heterocycles. The molecule has 1 unspecified atom stereocenters. The van der Waals surface area contributed by atoms with Crippen molar-refractivity contribution in [1.29, 1.82) is 0 Å². The minimum absolute atomic E-state index is 0.00913. The van der Waals surface area contributed by atoms with E-state index in [4.69, 9.17) is 25.7 Å². The van der Waals surface area contributed by atoms with Gasteiger partial charge in [-0.2, -0.15) is 0 Å². The molecule has 3 aromatic rings. The molecular weight excluding hydrogens is 402 g/mol. The second-order valence-electron chi connectivity index (χ2n) is 6.59. The Bertz CT molecular complexity index is 1120. The molecule has 1 aromatic heterocycles. The first-order chi connectivity index (χ1) is 15.1. The van der Waals surface area contributed by atoms with Crippen LogP contribution in [0.15, 0.2) is 48.5 Å². The first-order valence-electron chi connectivity index (χ1n) is 9.34. The number of nitrogens with two attached hydrogens (primary N) is 2. The molecule has 1 aliphatic heterocycles. The number of primary amides is 1. The number of amides is 1. The molecule has 10 heteroatoms. The summed E-state index contributed by atoms with van der Waals surface area (Å²) in [5.74, 6) is 2.28. The molecule has 0 fully saturated rings. The van der Waals surface area contributed by atoms with Gasteiger partial charge in [0, 0.05) is 24.2 Å². The number of aldehydes is 1. The summed E-state index contributed by atoms with van der Waals surface area (Å²) in [4.78, 5) is 31.3. The van der Waals surface area contributed by atoms with Crippen LogP contribution < -0.4 is 31.0 Å². The van der Waals surface area contributed by atoms with Crippen LogP contribution in [0.25, 0.3) is 11.4 Å². The Morgan fingerprint density at radius 3 is 2.55 bits per heavy atom. The standard InChI is InChI=1S/C21H19N5O5/c22-9-13(10-27)24-19-8-16(20(23)28)25-21(26-19)12-1-3-14(4-2-12)31-15-5-6-17-18(7-15)30-11-29-17/h1-8,10,13H,9,11,22H2,(H2,23,28)(H,24,25,26). The molecule has 10 nitrogen and oxygen atoms in total. The Labute approximate surface area is 177 Å². The highest BCUT2D eigenvalue weighted by Crippen LogP contribution is 2.36. The van der Waals surface area contributed by atoms with Crippen LogP contribution in [0.4, 0.5) is 5.82 Å². The van der Waals surface area contributed by atoms with E-state index in [1.165, 1.54) is 6.07 Å². The second-order valence-corrected chi connectivity index (χ2v) is 6.59. The lowest BCUT2D eigenvalue weighted by atomic mass is 10.2. The normalized spacial score (nSPS) is 12.8. The third-order valence-corrected chi connectivity index (χ3v) is 4.42. The van der Waals surface area contributed by atoms with Gasteiger partial charge in [0.15, 0.2) is 17.3 Å². The summed E-state index contributed by atoms with van der Waals surface area (Å²) in [6.45, 7) is 0.258. The predicted octanol–water partition coefficient (Wildman–Crippen LogP) is 1.70. The molecule has 5 N–H and O–H groups in total. The zero-order valence-corrected chi connectivity index (χ0v) is 16.3. The van der Waals surface area contributed by atoms with E-state index >= 15 is 0 Å². The molecule has 158 valence electrons. The Hall–Kier alpha value is -4.18. The van der Waals surface area contributed by atoms with E-state index in [2.05, 4.69) is 15.3 Å². The lowest BCUT2D eigenvalue weighted by molar-refractivity contribution is -0.108. The molecule has 1 aliphatic rings. The number of anilines is 1. The van der Waals surface area contributed by atoms with E-state index in [0.29, 0.717) is 34.8 Å². The van der Waals surface area contributed by atoms with Crippen LogP contribution in [0.5, 0.6) is 23.0 Å². The number of aromatic nitrogens is 2. The van der Waals surface area contributed by atoms with Gasteiger partial charge in [0.2, 0.25) is 6.79 Å². The highest BCUT2D eigenvalue weighted by molar-refractivity contribution is 5.92. The second kappa shape index (κ2) is 8.67. The smallest absolute Gasteiger partial charge is 0.267 e. The molecule has 0 spiro atoms. The van der Waals surface area contributed by atoms with Crippen molar-refractivity contribution in [3.8, 4) is 34.4 Å². The fourth-order valence-electron chi connectivity index (χ4n) is 2.86. The summed E-state index contributed by atoms with van der Waals surface area (Å²) in [7, 11) is 0. The number of fused-ring (bicyclic) bond motifs is 1. The quantitative estimate of drug-likeness (QED) is 0.461. The summed E-state index contributed by atoms with van der Waals surface area (Å²) in [6, 6.07) is 13.0. The summed E-state index contributed by atoms with van der Waals surface area (Å²) in [5, 5.41) is 2.85. The zero-order valence-electron chi connectivity index (χ0n) is 16.3. The van der Waals surface area contributed by atoms with E-state index in [-0.39, 0.29) is 30.7 Å². The number of hydrogen-bond acceptors (Lipinski definition) is 9. The number of nitrogens with one attached hydrogen (secondary N) is 1.